The summed E-state index contributed by atoms with van der Waals surface area (Å²) in [6, 6.07) is 5.80. The summed E-state index contributed by atoms with van der Waals surface area (Å²) in [5, 5.41) is 6.01. The van der Waals surface area contributed by atoms with Crippen molar-refractivity contribution in [2.45, 2.75) is 94.8 Å². The lowest BCUT2D eigenvalue weighted by Gasteiger charge is -2.33. The largest absolute Gasteiger partial charge is 0.370 e. The summed E-state index contributed by atoms with van der Waals surface area (Å²) in [7, 11) is 0. The second kappa shape index (κ2) is 16.1. The summed E-state index contributed by atoms with van der Waals surface area (Å²) in [5.41, 5.74) is 18.1. The zero-order valence-corrected chi connectivity index (χ0v) is 23.3. The van der Waals surface area contributed by atoms with E-state index in [-0.39, 0.29) is 31.3 Å². The number of amides is 3. The van der Waals surface area contributed by atoms with Gasteiger partial charge in [-0.1, -0.05) is 62.4 Å². The van der Waals surface area contributed by atoms with E-state index in [2.05, 4.69) is 15.6 Å². The summed E-state index contributed by atoms with van der Waals surface area (Å²) < 4.78 is 0. The van der Waals surface area contributed by atoms with E-state index in [0.717, 1.165) is 49.1 Å². The Kier molecular flexibility index (Phi) is 12.5. The van der Waals surface area contributed by atoms with E-state index in [9.17, 15) is 19.2 Å². The Morgan fingerprint density at radius 3 is 2.40 bits per heavy atom. The fourth-order valence-electron chi connectivity index (χ4n) is 5.66. The number of carbonyl (C=O) groups excluding carboxylic acids is 4. The van der Waals surface area contributed by atoms with Crippen LogP contribution in [0.5, 0.6) is 0 Å². The number of benzene rings is 1. The van der Waals surface area contributed by atoms with E-state index in [1.54, 1.807) is 0 Å². The molecule has 11 heteroatoms. The smallest absolute Gasteiger partial charge is 0.252 e. The average Bonchev–Trinajstić information content (AvgIpc) is 3.50. The third-order valence-corrected chi connectivity index (χ3v) is 7.82. The molecule has 1 aliphatic carbocycles. The van der Waals surface area contributed by atoms with Gasteiger partial charge >= 0.3 is 0 Å². The Labute approximate surface area is 236 Å². The lowest BCUT2D eigenvalue weighted by Crippen LogP contribution is -2.60. The van der Waals surface area contributed by atoms with Crippen LogP contribution in [-0.4, -0.2) is 72.1 Å². The molecule has 3 rings (SSSR count). The molecule has 0 unspecified atom stereocenters. The molecular weight excluding hydrogens is 510 g/mol. The molecule has 40 heavy (non-hydrogen) atoms. The third-order valence-electron chi connectivity index (χ3n) is 7.82. The number of aliphatic imine (C=N–C) groups is 1. The first-order valence-corrected chi connectivity index (χ1v) is 14.5. The Morgan fingerprint density at radius 2 is 1.77 bits per heavy atom. The Hall–Kier alpha value is -3.31. The van der Waals surface area contributed by atoms with Crippen LogP contribution in [0, 0.1) is 5.92 Å². The van der Waals surface area contributed by atoms with Crippen LogP contribution >= 0.6 is 0 Å². The van der Waals surface area contributed by atoms with Gasteiger partial charge in [-0.3, -0.25) is 24.3 Å². The van der Waals surface area contributed by atoms with Gasteiger partial charge in [-0.15, -0.1) is 0 Å². The van der Waals surface area contributed by atoms with Crippen LogP contribution in [0.25, 0.3) is 0 Å². The van der Waals surface area contributed by atoms with Gasteiger partial charge < -0.3 is 32.6 Å². The highest BCUT2D eigenvalue weighted by Crippen LogP contribution is 2.27. The van der Waals surface area contributed by atoms with E-state index < -0.39 is 36.0 Å². The number of nitrogens with two attached hydrogens (primary N) is 3. The number of carbonyl (C=O) groups is 4. The molecule has 220 valence electrons. The molecule has 0 radical (unpaired) electrons. The summed E-state index contributed by atoms with van der Waals surface area (Å²) in [6.07, 6.45) is 8.62. The van der Waals surface area contributed by atoms with Crippen LogP contribution in [0.1, 0.15) is 69.8 Å². The molecule has 2 fully saturated rings. The van der Waals surface area contributed by atoms with E-state index in [1.807, 2.05) is 30.3 Å². The lowest BCUT2D eigenvalue weighted by molar-refractivity contribution is -0.153. The van der Waals surface area contributed by atoms with E-state index in [4.69, 9.17) is 17.2 Å². The van der Waals surface area contributed by atoms with Crippen molar-refractivity contribution in [1.29, 1.82) is 0 Å². The zero-order chi connectivity index (χ0) is 28.9. The van der Waals surface area contributed by atoms with Gasteiger partial charge in [0, 0.05) is 13.0 Å². The molecule has 0 spiro atoms. The monoisotopic (exact) mass is 555 g/mol. The van der Waals surface area contributed by atoms with Crippen LogP contribution in [0.2, 0.25) is 0 Å². The molecular formula is C29H45N7O4. The van der Waals surface area contributed by atoms with Crippen LogP contribution in [0.3, 0.4) is 0 Å². The maximum Gasteiger partial charge on any atom is 0.252 e. The Balaban J connectivity index is 1.87. The summed E-state index contributed by atoms with van der Waals surface area (Å²) in [5.74, 6) is -1.32. The molecule has 2 aliphatic rings. The molecule has 11 nitrogen and oxygen atoms in total. The highest BCUT2D eigenvalue weighted by atomic mass is 16.2. The number of nitrogens with zero attached hydrogens (tertiary/aromatic N) is 2. The van der Waals surface area contributed by atoms with E-state index in [0.29, 0.717) is 31.5 Å². The molecule has 1 saturated heterocycles. The highest BCUT2D eigenvalue weighted by molar-refractivity contribution is 6.03. The molecule has 1 aromatic rings. The SMILES string of the molecule is NC(N)=NCCC[C@@H](C=O)N(C(=O)[C@H](N)CC1CCCCC1)C(=O)[C@H](Cc1ccccc1)NC(=O)[C@@H]1CCCN1. The lowest BCUT2D eigenvalue weighted by atomic mass is 9.84. The number of guanidine groups is 1. The zero-order valence-electron chi connectivity index (χ0n) is 23.3. The van der Waals surface area contributed by atoms with Crippen LogP contribution in [0.4, 0.5) is 0 Å². The minimum atomic E-state index is -1.06. The molecule has 1 aromatic carbocycles. The topological polar surface area (TPSA) is 186 Å². The van der Waals surface area contributed by atoms with Gasteiger partial charge in [-0.2, -0.15) is 0 Å². The van der Waals surface area contributed by atoms with Crippen molar-refractivity contribution < 1.29 is 19.2 Å². The quantitative estimate of drug-likeness (QED) is 0.0962. The molecule has 4 atom stereocenters. The van der Waals surface area contributed by atoms with E-state index >= 15 is 0 Å². The fourth-order valence-corrected chi connectivity index (χ4v) is 5.66. The molecule has 0 bridgehead atoms. The van der Waals surface area contributed by atoms with Gasteiger partial charge in [0.1, 0.15) is 12.3 Å². The maximum absolute atomic E-state index is 14.2. The Morgan fingerprint density at radius 1 is 1.05 bits per heavy atom. The number of rotatable bonds is 14. The molecule has 1 saturated carbocycles. The first kappa shape index (κ1) is 31.2. The summed E-state index contributed by atoms with van der Waals surface area (Å²) in [6.45, 7) is 0.966. The minimum absolute atomic E-state index is 0.0766. The molecule has 1 aliphatic heterocycles. The van der Waals surface area contributed by atoms with Crippen molar-refractivity contribution in [3.8, 4) is 0 Å². The summed E-state index contributed by atoms with van der Waals surface area (Å²) >= 11 is 0. The number of hydrogen-bond donors (Lipinski definition) is 5. The first-order chi connectivity index (χ1) is 19.3. The normalized spacial score (nSPS) is 19.7. The molecule has 0 aromatic heterocycles. The van der Waals surface area contributed by atoms with Gasteiger partial charge in [-0.25, -0.2) is 0 Å². The average molecular weight is 556 g/mol. The third kappa shape index (κ3) is 9.41. The second-order valence-corrected chi connectivity index (χ2v) is 10.9. The molecule has 8 N–H and O–H groups in total. The van der Waals surface area contributed by atoms with Crippen LogP contribution < -0.4 is 27.8 Å². The number of aldehydes is 1. The van der Waals surface area contributed by atoms with Crippen molar-refractivity contribution in [3.05, 3.63) is 35.9 Å². The van der Waals surface area contributed by atoms with Gasteiger partial charge in [0.15, 0.2) is 5.96 Å². The predicted octanol–water partition coefficient (Wildman–Crippen LogP) is 0.740. The number of hydrogen-bond acceptors (Lipinski definition) is 7. The van der Waals surface area contributed by atoms with Gasteiger partial charge in [-0.05, 0) is 50.1 Å². The van der Waals surface area contributed by atoms with E-state index in [1.165, 1.54) is 6.42 Å². The second-order valence-electron chi connectivity index (χ2n) is 10.9. The van der Waals surface area contributed by atoms with Crippen LogP contribution in [-0.2, 0) is 25.6 Å². The predicted molar refractivity (Wildman–Crippen MR) is 154 cm³/mol. The Bertz CT molecular complexity index is 1000. The van der Waals surface area contributed by atoms with Gasteiger partial charge in [0.25, 0.3) is 5.91 Å². The standard InChI is InChI=1S/C29H45N7O4/c30-23(17-20-9-3-1-4-10-20)27(39)36(22(19-37)13-7-16-34-29(31)32)28(40)25(18-21-11-5-2-6-12-21)35-26(38)24-14-8-15-33-24/h2,5-6,11-12,19-20,22-25,33H,1,3-4,7-10,13-18,30H2,(H,35,38)(H4,31,32,34)/t22-,23+,24-,25-/m0/s1. The van der Waals surface area contributed by atoms with Gasteiger partial charge in [0.05, 0.1) is 18.1 Å². The molecule has 1 heterocycles. The van der Waals surface area contributed by atoms with Crippen molar-refractivity contribution in [3.63, 3.8) is 0 Å². The fraction of sp³-hybridized carbons (Fsp3) is 0.621. The van der Waals surface area contributed by atoms with Crippen LogP contribution in [0.15, 0.2) is 35.3 Å². The van der Waals surface area contributed by atoms with Crippen molar-refractivity contribution >= 4 is 30.0 Å². The summed E-state index contributed by atoms with van der Waals surface area (Å²) in [4.78, 5) is 58.4. The van der Waals surface area contributed by atoms with Crippen molar-refractivity contribution in [2.75, 3.05) is 13.1 Å². The maximum atomic E-state index is 14.2. The minimum Gasteiger partial charge on any atom is -0.370 e. The molecule has 3 amide bonds. The first-order valence-electron chi connectivity index (χ1n) is 14.5. The van der Waals surface area contributed by atoms with Gasteiger partial charge in [0.2, 0.25) is 11.8 Å². The number of imide groups is 1. The van der Waals surface area contributed by atoms with Crippen molar-refractivity contribution in [2.24, 2.45) is 28.1 Å². The number of nitrogens with one attached hydrogen (secondary N) is 2. The highest BCUT2D eigenvalue weighted by Gasteiger charge is 2.38. The van der Waals surface area contributed by atoms with Crippen molar-refractivity contribution in [1.82, 2.24) is 15.5 Å².